The maximum absolute atomic E-state index is 10.2. The van der Waals surface area contributed by atoms with Gasteiger partial charge in [-0.2, -0.15) is 4.57 Å². The number of fused-ring (bicyclic) bond motifs is 6. The van der Waals surface area contributed by atoms with Gasteiger partial charge in [0.1, 0.15) is 12.0 Å². The molecule has 2 fully saturated rings. The average Bonchev–Trinajstić information content (AvgIpc) is 3.36. The van der Waals surface area contributed by atoms with Gasteiger partial charge in [-0.15, -0.1) is 0 Å². The highest BCUT2D eigenvalue weighted by Gasteiger charge is 2.57. The third kappa shape index (κ3) is 2.07. The predicted octanol–water partition coefficient (Wildman–Crippen LogP) is 5.24. The second-order valence-corrected chi connectivity index (χ2v) is 10.2. The van der Waals surface area contributed by atoms with Crippen LogP contribution in [0.5, 0.6) is 0 Å². The maximum Gasteiger partial charge on any atom is 0.172 e. The molecule has 4 heteroatoms. The van der Waals surface area contributed by atoms with E-state index in [1.165, 1.54) is 31.3 Å². The van der Waals surface area contributed by atoms with E-state index >= 15 is 0 Å². The van der Waals surface area contributed by atoms with Crippen molar-refractivity contribution in [2.24, 2.45) is 28.6 Å². The topological polar surface area (TPSA) is 50.7 Å². The van der Waals surface area contributed by atoms with Gasteiger partial charge in [-0.05, 0) is 79.1 Å². The fourth-order valence-corrected chi connectivity index (χ4v) is 7.51. The molecule has 1 N–H and O–H groups in total. The second kappa shape index (κ2) is 5.63. The van der Waals surface area contributed by atoms with Crippen LogP contribution in [0, 0.1) is 28.6 Å². The van der Waals surface area contributed by atoms with E-state index in [0.29, 0.717) is 11.3 Å². The predicted molar refractivity (Wildman–Crippen MR) is 109 cm³/mol. The highest BCUT2D eigenvalue weighted by atomic mass is 16.5. The fraction of sp³-hybridized carbons (Fsp3) is 0.625. The Morgan fingerprint density at radius 1 is 1.11 bits per heavy atom. The lowest BCUT2D eigenvalue weighted by Crippen LogP contribution is -2.49. The quantitative estimate of drug-likeness (QED) is 0.690. The number of hydrogen-bond acceptors (Lipinski definition) is 3. The van der Waals surface area contributed by atoms with Gasteiger partial charge in [-0.25, -0.2) is 4.98 Å². The molecule has 0 spiro atoms. The van der Waals surface area contributed by atoms with Gasteiger partial charge < -0.3 is 9.63 Å². The molecule has 148 valence electrons. The van der Waals surface area contributed by atoms with Crippen molar-refractivity contribution in [2.45, 2.75) is 64.9 Å². The van der Waals surface area contributed by atoms with Crippen molar-refractivity contribution in [1.82, 2.24) is 9.56 Å². The maximum atomic E-state index is 10.2. The van der Waals surface area contributed by atoms with Gasteiger partial charge in [0.25, 0.3) is 0 Å². The number of aliphatic hydroxyl groups is 1. The van der Waals surface area contributed by atoms with Crippen molar-refractivity contribution >= 4 is 11.2 Å². The van der Waals surface area contributed by atoms with Crippen molar-refractivity contribution in [3.8, 4) is 0 Å². The van der Waals surface area contributed by atoms with Crippen LogP contribution < -0.4 is 0 Å². The van der Waals surface area contributed by atoms with Gasteiger partial charge in [0.2, 0.25) is 0 Å². The Morgan fingerprint density at radius 3 is 2.86 bits per heavy atom. The lowest BCUT2D eigenvalue weighted by molar-refractivity contribution is -0.0239. The highest BCUT2D eigenvalue weighted by Crippen LogP contribution is 2.66. The molecule has 4 nitrogen and oxygen atoms in total. The summed E-state index contributed by atoms with van der Waals surface area (Å²) in [4.78, 5) is 4.54. The van der Waals surface area contributed by atoms with Gasteiger partial charge in [0, 0.05) is 6.07 Å². The van der Waals surface area contributed by atoms with E-state index in [-0.39, 0.29) is 11.5 Å². The molecule has 6 rings (SSSR count). The Bertz CT molecular complexity index is 997. The number of hydrogen-bond donors (Lipinski definition) is 1. The third-order valence-electron chi connectivity index (χ3n) is 9.06. The molecule has 3 unspecified atom stereocenters. The van der Waals surface area contributed by atoms with Gasteiger partial charge in [-0.3, -0.25) is 0 Å². The van der Waals surface area contributed by atoms with Crippen LogP contribution in [-0.2, 0) is 0 Å². The monoisotopic (exact) mass is 378 g/mol. The number of aromatic nitrogens is 2. The summed E-state index contributed by atoms with van der Waals surface area (Å²) in [5, 5.41) is 10.2. The van der Waals surface area contributed by atoms with Gasteiger partial charge in [0.15, 0.2) is 5.65 Å². The lowest BCUT2D eigenvalue weighted by Gasteiger charge is -2.57. The van der Waals surface area contributed by atoms with E-state index in [1.54, 1.807) is 11.8 Å². The third-order valence-corrected chi connectivity index (χ3v) is 9.06. The molecule has 4 aliphatic carbocycles. The molecule has 6 atom stereocenters. The van der Waals surface area contributed by atoms with Crippen LogP contribution in [0.1, 0.15) is 64.5 Å². The van der Waals surface area contributed by atoms with Crippen LogP contribution in [0.4, 0.5) is 0 Å². The zero-order valence-corrected chi connectivity index (χ0v) is 16.9. The van der Waals surface area contributed by atoms with E-state index in [4.69, 9.17) is 4.52 Å². The van der Waals surface area contributed by atoms with Crippen LogP contribution in [0.3, 0.4) is 0 Å². The molecule has 0 amide bonds. The minimum absolute atomic E-state index is 0.123. The van der Waals surface area contributed by atoms with Gasteiger partial charge in [0.05, 0.1) is 12.3 Å². The van der Waals surface area contributed by atoms with Crippen molar-refractivity contribution in [3.63, 3.8) is 0 Å². The minimum atomic E-state index is -0.123. The summed E-state index contributed by atoms with van der Waals surface area (Å²) < 4.78 is 7.61. The SMILES string of the molecule is C[C@]12CC[C@H](O)CC1=CCC1C2CC[C@]2(C)C(c3cnc4ccon34)=CCC12. The summed E-state index contributed by atoms with van der Waals surface area (Å²) in [6, 6.07) is 1.93. The number of rotatable bonds is 1. The first kappa shape index (κ1) is 17.1. The molecule has 0 bridgehead atoms. The Hall–Kier alpha value is -1.81. The van der Waals surface area contributed by atoms with Crippen molar-refractivity contribution in [3.05, 3.63) is 41.9 Å². The van der Waals surface area contributed by atoms with Crippen molar-refractivity contribution < 1.29 is 9.63 Å². The summed E-state index contributed by atoms with van der Waals surface area (Å²) in [7, 11) is 0. The molecule has 2 heterocycles. The van der Waals surface area contributed by atoms with Crippen LogP contribution in [0.15, 0.2) is 40.8 Å². The van der Waals surface area contributed by atoms with E-state index in [0.717, 1.165) is 42.4 Å². The minimum Gasteiger partial charge on any atom is -0.393 e. The fourth-order valence-electron chi connectivity index (χ4n) is 7.51. The molecule has 0 aliphatic heterocycles. The molecule has 2 aromatic rings. The van der Waals surface area contributed by atoms with Crippen LogP contribution in [0.2, 0.25) is 0 Å². The average molecular weight is 379 g/mol. The molecule has 28 heavy (non-hydrogen) atoms. The second-order valence-electron chi connectivity index (χ2n) is 10.2. The molecular weight excluding hydrogens is 348 g/mol. The Kier molecular flexibility index (Phi) is 3.43. The molecule has 2 aromatic heterocycles. The van der Waals surface area contributed by atoms with Crippen molar-refractivity contribution in [2.75, 3.05) is 0 Å². The smallest absolute Gasteiger partial charge is 0.172 e. The van der Waals surface area contributed by atoms with Crippen LogP contribution in [0.25, 0.3) is 11.2 Å². The number of allylic oxidation sites excluding steroid dienone is 3. The summed E-state index contributed by atoms with van der Waals surface area (Å²) in [5.41, 5.74) is 5.54. The van der Waals surface area contributed by atoms with Crippen molar-refractivity contribution in [1.29, 1.82) is 0 Å². The summed E-state index contributed by atoms with van der Waals surface area (Å²) >= 11 is 0. The standard InChI is InChI=1S/C24H30N2O2/c1-23-10-7-16(27)13-15(23)3-4-17-18-5-6-20(24(18,2)11-8-19(17)23)21-14-25-22-9-12-28-26(21)22/h3,6,9,12,14,16-19,27H,4-5,7-8,10-11,13H2,1-2H3/t16-,17?,18?,19?,23-,24-/m0/s1. The van der Waals surface area contributed by atoms with Gasteiger partial charge in [-0.1, -0.05) is 31.6 Å². The van der Waals surface area contributed by atoms with Crippen LogP contribution in [-0.4, -0.2) is 20.8 Å². The molecule has 2 saturated carbocycles. The molecule has 4 aliphatic rings. The van der Waals surface area contributed by atoms with E-state index in [9.17, 15) is 5.11 Å². The van der Waals surface area contributed by atoms with E-state index in [2.05, 4.69) is 31.0 Å². The Labute approximate surface area is 166 Å². The summed E-state index contributed by atoms with van der Waals surface area (Å²) in [5.74, 6) is 2.21. The first-order chi connectivity index (χ1) is 13.5. The van der Waals surface area contributed by atoms with E-state index < -0.39 is 0 Å². The zero-order chi connectivity index (χ0) is 19.1. The number of imidazole rings is 1. The molecular formula is C24H30N2O2. The number of nitrogens with zero attached hydrogens (tertiary/aromatic N) is 2. The molecule has 0 radical (unpaired) electrons. The molecule has 0 saturated heterocycles. The summed E-state index contributed by atoms with van der Waals surface area (Å²) in [6.07, 6.45) is 16.5. The van der Waals surface area contributed by atoms with Gasteiger partial charge >= 0.3 is 0 Å². The number of aliphatic hydroxyl groups excluding tert-OH is 1. The molecule has 0 aromatic carbocycles. The first-order valence-electron chi connectivity index (χ1n) is 11.0. The largest absolute Gasteiger partial charge is 0.393 e. The zero-order valence-electron chi connectivity index (χ0n) is 16.9. The highest BCUT2D eigenvalue weighted by molar-refractivity contribution is 5.72. The van der Waals surface area contributed by atoms with Crippen LogP contribution >= 0.6 is 0 Å². The lowest BCUT2D eigenvalue weighted by atomic mass is 9.47. The Balaban J connectivity index is 1.36. The summed E-state index contributed by atoms with van der Waals surface area (Å²) in [6.45, 7) is 4.98. The Morgan fingerprint density at radius 2 is 1.96 bits per heavy atom. The normalized spacial score (nSPS) is 42.5. The first-order valence-corrected chi connectivity index (χ1v) is 11.0. The van der Waals surface area contributed by atoms with E-state index in [1.807, 2.05) is 16.8 Å².